The summed E-state index contributed by atoms with van der Waals surface area (Å²) in [6, 6.07) is 0.466. The van der Waals surface area contributed by atoms with E-state index in [0.29, 0.717) is 12.5 Å². The molecule has 1 amide bonds. The van der Waals surface area contributed by atoms with Gasteiger partial charge in [-0.15, -0.1) is 12.4 Å². The molecule has 2 heterocycles. The highest BCUT2D eigenvalue weighted by molar-refractivity contribution is 5.85. The molecular formula is C13H25ClN2O2. The minimum absolute atomic E-state index is 0. The molecule has 0 aliphatic carbocycles. The quantitative estimate of drug-likeness (QED) is 0.851. The largest absolute Gasteiger partial charge is 0.375 e. The number of carbonyl (C=O) groups is 1. The summed E-state index contributed by atoms with van der Waals surface area (Å²) in [4.78, 5) is 14.3. The minimum Gasteiger partial charge on any atom is -0.375 e. The van der Waals surface area contributed by atoms with Crippen molar-refractivity contribution < 1.29 is 9.53 Å². The summed E-state index contributed by atoms with van der Waals surface area (Å²) in [7, 11) is 0. The van der Waals surface area contributed by atoms with Crippen molar-refractivity contribution in [1.82, 2.24) is 10.2 Å². The molecule has 0 radical (unpaired) electrons. The number of amides is 1. The summed E-state index contributed by atoms with van der Waals surface area (Å²) in [5.41, 5.74) is 0. The average molecular weight is 277 g/mol. The lowest BCUT2D eigenvalue weighted by Gasteiger charge is -2.36. The van der Waals surface area contributed by atoms with Crippen LogP contribution in [0.15, 0.2) is 0 Å². The molecule has 2 atom stereocenters. The first-order valence-corrected chi connectivity index (χ1v) is 6.93. The molecule has 0 aromatic carbocycles. The fourth-order valence-corrected chi connectivity index (χ4v) is 2.82. The van der Waals surface area contributed by atoms with Crippen LogP contribution in [0.2, 0.25) is 0 Å². The van der Waals surface area contributed by atoms with Gasteiger partial charge in [0, 0.05) is 25.7 Å². The molecule has 2 saturated heterocycles. The topological polar surface area (TPSA) is 41.6 Å². The van der Waals surface area contributed by atoms with Gasteiger partial charge < -0.3 is 15.0 Å². The molecule has 18 heavy (non-hydrogen) atoms. The summed E-state index contributed by atoms with van der Waals surface area (Å²) in [6.45, 7) is 5.57. The number of likely N-dealkylation sites (tertiary alicyclic amines) is 1. The molecular weight excluding hydrogens is 252 g/mol. The van der Waals surface area contributed by atoms with Crippen molar-refractivity contribution in [3.8, 4) is 0 Å². The fraction of sp³-hybridized carbons (Fsp3) is 0.923. The third kappa shape index (κ3) is 4.11. The lowest BCUT2D eigenvalue weighted by atomic mass is 9.99. The van der Waals surface area contributed by atoms with E-state index in [0.717, 1.165) is 39.1 Å². The van der Waals surface area contributed by atoms with Crippen molar-refractivity contribution in [3.63, 3.8) is 0 Å². The Morgan fingerprint density at radius 2 is 2.28 bits per heavy atom. The Bertz CT molecular complexity index is 257. The van der Waals surface area contributed by atoms with Crippen LogP contribution in [0.4, 0.5) is 0 Å². The summed E-state index contributed by atoms with van der Waals surface area (Å²) >= 11 is 0. The summed E-state index contributed by atoms with van der Waals surface area (Å²) in [6.07, 6.45) is 5.30. The first-order chi connectivity index (χ1) is 8.31. The number of rotatable bonds is 3. The van der Waals surface area contributed by atoms with Crippen LogP contribution in [-0.4, -0.2) is 49.2 Å². The van der Waals surface area contributed by atoms with E-state index in [2.05, 4.69) is 17.1 Å². The summed E-state index contributed by atoms with van der Waals surface area (Å²) in [5.74, 6) is 0.283. The first kappa shape index (κ1) is 15.7. The Morgan fingerprint density at radius 1 is 1.44 bits per heavy atom. The van der Waals surface area contributed by atoms with E-state index in [1.54, 1.807) is 0 Å². The second kappa shape index (κ2) is 7.97. The maximum absolute atomic E-state index is 12.3. The molecule has 0 saturated carbocycles. The van der Waals surface area contributed by atoms with Gasteiger partial charge in [0.15, 0.2) is 0 Å². The smallest absolute Gasteiger partial charge is 0.225 e. The Hall–Kier alpha value is -0.320. The zero-order chi connectivity index (χ0) is 12.1. The standard InChI is InChI=1S/C13H24N2O2.ClH/c1-2-11-5-3-4-7-15(11)13(16)9-12-10-14-6-8-17-12;/h11-12,14H,2-10H2,1H3;1H. The van der Waals surface area contributed by atoms with Crippen LogP contribution >= 0.6 is 12.4 Å². The monoisotopic (exact) mass is 276 g/mol. The van der Waals surface area contributed by atoms with Gasteiger partial charge in [-0.05, 0) is 25.7 Å². The number of nitrogens with zero attached hydrogens (tertiary/aromatic N) is 1. The molecule has 0 spiro atoms. The molecule has 4 nitrogen and oxygen atoms in total. The zero-order valence-electron chi connectivity index (χ0n) is 11.2. The average Bonchev–Trinajstić information content (AvgIpc) is 2.40. The van der Waals surface area contributed by atoms with Crippen molar-refractivity contribution in [2.75, 3.05) is 26.2 Å². The molecule has 0 bridgehead atoms. The summed E-state index contributed by atoms with van der Waals surface area (Å²) in [5, 5.41) is 3.27. The van der Waals surface area contributed by atoms with Crippen LogP contribution in [0, 0.1) is 0 Å². The lowest BCUT2D eigenvalue weighted by Crippen LogP contribution is -2.47. The van der Waals surface area contributed by atoms with Crippen LogP contribution < -0.4 is 5.32 Å². The number of morpholine rings is 1. The second-order valence-electron chi connectivity index (χ2n) is 5.05. The van der Waals surface area contributed by atoms with E-state index >= 15 is 0 Å². The molecule has 0 aromatic rings. The van der Waals surface area contributed by atoms with Crippen LogP contribution in [-0.2, 0) is 9.53 Å². The maximum Gasteiger partial charge on any atom is 0.225 e. The highest BCUT2D eigenvalue weighted by Gasteiger charge is 2.27. The van der Waals surface area contributed by atoms with Crippen molar-refractivity contribution in [2.45, 2.75) is 51.2 Å². The van der Waals surface area contributed by atoms with Crippen molar-refractivity contribution in [3.05, 3.63) is 0 Å². The highest BCUT2D eigenvalue weighted by atomic mass is 35.5. The van der Waals surface area contributed by atoms with Gasteiger partial charge in [-0.2, -0.15) is 0 Å². The van der Waals surface area contributed by atoms with Gasteiger partial charge in [0.1, 0.15) is 0 Å². The van der Waals surface area contributed by atoms with E-state index < -0.39 is 0 Å². The lowest BCUT2D eigenvalue weighted by molar-refractivity contribution is -0.138. The molecule has 2 unspecified atom stereocenters. The third-order valence-electron chi connectivity index (χ3n) is 3.83. The first-order valence-electron chi connectivity index (χ1n) is 6.93. The van der Waals surface area contributed by atoms with Crippen molar-refractivity contribution >= 4 is 18.3 Å². The number of hydrogen-bond donors (Lipinski definition) is 1. The third-order valence-corrected chi connectivity index (χ3v) is 3.83. The fourth-order valence-electron chi connectivity index (χ4n) is 2.82. The molecule has 2 aliphatic heterocycles. The predicted octanol–water partition coefficient (Wildman–Crippen LogP) is 1.58. The Morgan fingerprint density at radius 3 is 2.94 bits per heavy atom. The highest BCUT2D eigenvalue weighted by Crippen LogP contribution is 2.21. The Labute approximate surface area is 116 Å². The van der Waals surface area contributed by atoms with Gasteiger partial charge in [-0.3, -0.25) is 4.79 Å². The number of carbonyl (C=O) groups excluding carboxylic acids is 1. The van der Waals surface area contributed by atoms with Gasteiger partial charge in [0.05, 0.1) is 19.1 Å². The molecule has 106 valence electrons. The SMILES string of the molecule is CCC1CCCCN1C(=O)CC1CNCCO1.Cl. The molecule has 2 aliphatic rings. The van der Waals surface area contributed by atoms with Gasteiger partial charge in [-0.1, -0.05) is 6.92 Å². The molecule has 0 aromatic heterocycles. The zero-order valence-corrected chi connectivity index (χ0v) is 12.0. The van der Waals surface area contributed by atoms with E-state index in [1.165, 1.54) is 12.8 Å². The van der Waals surface area contributed by atoms with E-state index in [9.17, 15) is 4.79 Å². The van der Waals surface area contributed by atoms with E-state index in [1.807, 2.05) is 0 Å². The number of hydrogen-bond acceptors (Lipinski definition) is 3. The molecule has 2 fully saturated rings. The molecule has 1 N–H and O–H groups in total. The van der Waals surface area contributed by atoms with E-state index in [4.69, 9.17) is 4.74 Å². The Balaban J connectivity index is 0.00000162. The Kier molecular flexibility index (Phi) is 6.97. The van der Waals surface area contributed by atoms with Crippen molar-refractivity contribution in [2.24, 2.45) is 0 Å². The molecule has 5 heteroatoms. The molecule has 2 rings (SSSR count). The van der Waals surface area contributed by atoms with Crippen LogP contribution in [0.1, 0.15) is 39.0 Å². The van der Waals surface area contributed by atoms with E-state index in [-0.39, 0.29) is 24.4 Å². The number of piperidine rings is 1. The number of halogens is 1. The number of ether oxygens (including phenoxy) is 1. The minimum atomic E-state index is 0. The summed E-state index contributed by atoms with van der Waals surface area (Å²) < 4.78 is 5.60. The normalized spacial score (nSPS) is 28.6. The van der Waals surface area contributed by atoms with Crippen LogP contribution in [0.5, 0.6) is 0 Å². The second-order valence-corrected chi connectivity index (χ2v) is 5.05. The predicted molar refractivity (Wildman–Crippen MR) is 74.1 cm³/mol. The van der Waals surface area contributed by atoms with Gasteiger partial charge in [-0.25, -0.2) is 0 Å². The van der Waals surface area contributed by atoms with Crippen molar-refractivity contribution in [1.29, 1.82) is 0 Å². The van der Waals surface area contributed by atoms with Crippen LogP contribution in [0.3, 0.4) is 0 Å². The van der Waals surface area contributed by atoms with Gasteiger partial charge in [0.25, 0.3) is 0 Å². The van der Waals surface area contributed by atoms with Gasteiger partial charge in [0.2, 0.25) is 5.91 Å². The van der Waals surface area contributed by atoms with Crippen LogP contribution in [0.25, 0.3) is 0 Å². The number of nitrogens with one attached hydrogen (secondary N) is 1. The maximum atomic E-state index is 12.3. The van der Waals surface area contributed by atoms with Gasteiger partial charge >= 0.3 is 0 Å².